The van der Waals surface area contributed by atoms with E-state index in [1.54, 1.807) is 11.0 Å². The summed E-state index contributed by atoms with van der Waals surface area (Å²) in [5.41, 5.74) is 5.57. The lowest BCUT2D eigenvalue weighted by molar-refractivity contribution is -0.384. The second kappa shape index (κ2) is 7.12. The number of nitrogens with two attached hydrogens (primary N) is 1. The Labute approximate surface area is 154 Å². The van der Waals surface area contributed by atoms with Crippen LogP contribution in [0, 0.1) is 17.0 Å². The summed E-state index contributed by atoms with van der Waals surface area (Å²) < 4.78 is 0. The van der Waals surface area contributed by atoms with Gasteiger partial charge >= 0.3 is 0 Å². The monoisotopic (exact) mass is 374 g/mol. The van der Waals surface area contributed by atoms with Crippen LogP contribution < -0.4 is 10.6 Å². The Hall–Kier alpha value is -2.94. The number of carbonyl (C=O) groups excluding carboxylic acids is 2. The molecule has 9 heteroatoms. The van der Waals surface area contributed by atoms with Gasteiger partial charge in [-0.1, -0.05) is 0 Å². The molecular formula is C17H18N4O4S. The minimum atomic E-state index is -0.707. The van der Waals surface area contributed by atoms with Crippen LogP contribution in [0.15, 0.2) is 30.3 Å². The smallest absolute Gasteiger partial charge is 0.293 e. The second-order valence-electron chi connectivity index (χ2n) is 6.01. The number of nitro groups is 1. The van der Waals surface area contributed by atoms with Gasteiger partial charge in [0.1, 0.15) is 5.69 Å². The first-order chi connectivity index (χ1) is 12.4. The van der Waals surface area contributed by atoms with E-state index in [0.29, 0.717) is 36.7 Å². The van der Waals surface area contributed by atoms with Crippen LogP contribution in [-0.2, 0) is 0 Å². The zero-order chi connectivity index (χ0) is 18.8. The van der Waals surface area contributed by atoms with Crippen molar-refractivity contribution in [1.29, 1.82) is 0 Å². The van der Waals surface area contributed by atoms with Gasteiger partial charge in [0.05, 0.1) is 9.80 Å². The highest BCUT2D eigenvalue weighted by Crippen LogP contribution is 2.30. The quantitative estimate of drug-likeness (QED) is 0.650. The summed E-state index contributed by atoms with van der Waals surface area (Å²) >= 11 is 1.46. The van der Waals surface area contributed by atoms with Gasteiger partial charge in [-0.05, 0) is 31.2 Å². The largest absolute Gasteiger partial charge is 0.366 e. The van der Waals surface area contributed by atoms with Gasteiger partial charge in [-0.15, -0.1) is 11.3 Å². The fourth-order valence-electron chi connectivity index (χ4n) is 2.95. The number of benzene rings is 1. The maximum Gasteiger partial charge on any atom is 0.293 e. The Bertz CT molecular complexity index is 871. The molecule has 0 bridgehead atoms. The summed E-state index contributed by atoms with van der Waals surface area (Å²) in [6.45, 7) is 3.86. The van der Waals surface area contributed by atoms with Crippen molar-refractivity contribution in [2.45, 2.75) is 6.92 Å². The van der Waals surface area contributed by atoms with Crippen LogP contribution in [-0.4, -0.2) is 47.8 Å². The van der Waals surface area contributed by atoms with E-state index in [9.17, 15) is 19.7 Å². The van der Waals surface area contributed by atoms with Crippen molar-refractivity contribution < 1.29 is 14.5 Å². The van der Waals surface area contributed by atoms with Crippen LogP contribution in [0.25, 0.3) is 0 Å². The highest BCUT2D eigenvalue weighted by atomic mass is 32.1. The fourth-order valence-corrected chi connectivity index (χ4v) is 3.78. The maximum absolute atomic E-state index is 12.5. The number of nitro benzene ring substituents is 1. The molecule has 2 amide bonds. The molecule has 0 saturated carbocycles. The highest BCUT2D eigenvalue weighted by Gasteiger charge is 2.27. The summed E-state index contributed by atoms with van der Waals surface area (Å²) in [6, 6.07) is 7.96. The highest BCUT2D eigenvalue weighted by molar-refractivity contribution is 7.13. The van der Waals surface area contributed by atoms with Crippen LogP contribution in [0.3, 0.4) is 0 Å². The number of piperazine rings is 1. The number of aryl methyl sites for hydroxylation is 1. The second-order valence-corrected chi connectivity index (χ2v) is 7.30. The number of hydrogen-bond acceptors (Lipinski definition) is 6. The first-order valence-corrected chi connectivity index (χ1v) is 8.87. The van der Waals surface area contributed by atoms with Crippen molar-refractivity contribution in [2.75, 3.05) is 31.1 Å². The molecule has 136 valence electrons. The van der Waals surface area contributed by atoms with Crippen LogP contribution in [0.2, 0.25) is 0 Å². The average Bonchev–Trinajstić information content (AvgIpc) is 3.07. The summed E-state index contributed by atoms with van der Waals surface area (Å²) in [6.07, 6.45) is 0. The lowest BCUT2D eigenvalue weighted by Crippen LogP contribution is -2.48. The summed E-state index contributed by atoms with van der Waals surface area (Å²) in [5, 5.41) is 11.4. The molecule has 8 nitrogen and oxygen atoms in total. The standard InChI is InChI=1S/C17H18N4O4S/c1-11-2-5-15(26-11)17(23)20-8-6-19(7-9-20)13-4-3-12(16(18)22)10-14(13)21(24)25/h2-5,10H,6-9H2,1H3,(H2,18,22). The third-order valence-electron chi connectivity index (χ3n) is 4.32. The van der Waals surface area contributed by atoms with E-state index >= 15 is 0 Å². The number of nitrogens with zero attached hydrogens (tertiary/aromatic N) is 3. The minimum Gasteiger partial charge on any atom is -0.366 e. The number of thiophene rings is 1. The maximum atomic E-state index is 12.5. The first-order valence-electron chi connectivity index (χ1n) is 8.05. The van der Waals surface area contributed by atoms with Crippen LogP contribution in [0.4, 0.5) is 11.4 Å². The molecule has 0 radical (unpaired) electrons. The van der Waals surface area contributed by atoms with E-state index in [2.05, 4.69) is 0 Å². The van der Waals surface area contributed by atoms with E-state index in [4.69, 9.17) is 5.73 Å². The zero-order valence-corrected chi connectivity index (χ0v) is 15.0. The van der Waals surface area contributed by atoms with E-state index in [1.807, 2.05) is 24.0 Å². The van der Waals surface area contributed by atoms with Crippen LogP contribution >= 0.6 is 11.3 Å². The number of carbonyl (C=O) groups is 2. The van der Waals surface area contributed by atoms with Crippen LogP contribution in [0.1, 0.15) is 24.9 Å². The van der Waals surface area contributed by atoms with Gasteiger partial charge in [-0.2, -0.15) is 0 Å². The first kappa shape index (κ1) is 17.9. The van der Waals surface area contributed by atoms with Crippen molar-refractivity contribution in [1.82, 2.24) is 4.90 Å². The Balaban J connectivity index is 1.74. The molecule has 26 heavy (non-hydrogen) atoms. The third-order valence-corrected chi connectivity index (χ3v) is 5.30. The normalized spacial score (nSPS) is 14.3. The van der Waals surface area contributed by atoms with Gasteiger partial charge in [0.15, 0.2) is 0 Å². The molecule has 1 aromatic carbocycles. The Kier molecular flexibility index (Phi) is 4.90. The van der Waals surface area contributed by atoms with Crippen molar-refractivity contribution >= 4 is 34.5 Å². The predicted octanol–water partition coefficient (Wildman–Crippen LogP) is 2.03. The number of rotatable bonds is 4. The van der Waals surface area contributed by atoms with Gasteiger partial charge < -0.3 is 15.5 Å². The van der Waals surface area contributed by atoms with Gasteiger partial charge in [-0.3, -0.25) is 19.7 Å². The topological polar surface area (TPSA) is 110 Å². The molecule has 0 spiro atoms. The summed E-state index contributed by atoms with van der Waals surface area (Å²) in [5.74, 6) is -0.720. The van der Waals surface area contributed by atoms with E-state index in [0.717, 1.165) is 4.88 Å². The molecule has 1 fully saturated rings. The summed E-state index contributed by atoms with van der Waals surface area (Å²) in [7, 11) is 0. The Morgan fingerprint density at radius 3 is 2.38 bits per heavy atom. The van der Waals surface area contributed by atoms with E-state index < -0.39 is 10.8 Å². The molecule has 1 aliphatic rings. The number of primary amides is 1. The van der Waals surface area contributed by atoms with Crippen molar-refractivity contribution in [3.8, 4) is 0 Å². The number of hydrogen-bond donors (Lipinski definition) is 1. The molecule has 2 N–H and O–H groups in total. The molecule has 2 aromatic rings. The number of amides is 2. The van der Waals surface area contributed by atoms with Crippen molar-refractivity contribution in [2.24, 2.45) is 5.73 Å². The molecule has 1 saturated heterocycles. The van der Waals surface area contributed by atoms with Gasteiger partial charge in [-0.25, -0.2) is 0 Å². The molecule has 1 aromatic heterocycles. The van der Waals surface area contributed by atoms with E-state index in [1.165, 1.54) is 23.5 Å². The number of anilines is 1. The van der Waals surface area contributed by atoms with Crippen molar-refractivity contribution in [3.63, 3.8) is 0 Å². The molecule has 2 heterocycles. The average molecular weight is 374 g/mol. The molecule has 0 atom stereocenters. The van der Waals surface area contributed by atoms with Gasteiger partial charge in [0, 0.05) is 42.7 Å². The third kappa shape index (κ3) is 3.52. The fraction of sp³-hybridized carbons (Fsp3) is 0.294. The summed E-state index contributed by atoms with van der Waals surface area (Å²) in [4.78, 5) is 40.0. The molecular weight excluding hydrogens is 356 g/mol. The molecule has 1 aliphatic heterocycles. The van der Waals surface area contributed by atoms with Gasteiger partial charge in [0.2, 0.25) is 5.91 Å². The Morgan fingerprint density at radius 2 is 1.85 bits per heavy atom. The lowest BCUT2D eigenvalue weighted by Gasteiger charge is -2.35. The minimum absolute atomic E-state index is 0.0127. The molecule has 0 unspecified atom stereocenters. The van der Waals surface area contributed by atoms with Crippen LogP contribution in [0.5, 0.6) is 0 Å². The van der Waals surface area contributed by atoms with E-state index in [-0.39, 0.29) is 17.2 Å². The SMILES string of the molecule is Cc1ccc(C(=O)N2CCN(c3ccc(C(N)=O)cc3[N+](=O)[O-])CC2)s1. The zero-order valence-electron chi connectivity index (χ0n) is 14.2. The molecule has 3 rings (SSSR count). The van der Waals surface area contributed by atoms with Crippen molar-refractivity contribution in [3.05, 3.63) is 55.8 Å². The lowest BCUT2D eigenvalue weighted by atomic mass is 10.1. The van der Waals surface area contributed by atoms with Gasteiger partial charge in [0.25, 0.3) is 11.6 Å². The Morgan fingerprint density at radius 1 is 1.15 bits per heavy atom. The predicted molar refractivity (Wildman–Crippen MR) is 98.8 cm³/mol. The molecule has 0 aliphatic carbocycles.